The normalized spacial score (nSPS) is 16.7. The Morgan fingerprint density at radius 3 is 2.86 bits per heavy atom. The number of hydrogen-bond donors (Lipinski definition) is 1. The Balaban J connectivity index is 1.37. The number of carbonyl (C=O) groups excluding carboxylic acids is 2. The van der Waals surface area contributed by atoms with Crippen LogP contribution in [-0.2, 0) is 37.4 Å². The van der Waals surface area contributed by atoms with E-state index in [0.29, 0.717) is 31.7 Å². The van der Waals surface area contributed by atoms with E-state index in [9.17, 15) is 14.0 Å². The highest BCUT2D eigenvalue weighted by atomic mass is 32.1. The highest BCUT2D eigenvalue weighted by molar-refractivity contribution is 7.11. The molecule has 1 fully saturated rings. The smallest absolute Gasteiger partial charge is 0.305 e. The topological polar surface area (TPSA) is 107 Å². The minimum absolute atomic E-state index is 0.0168. The third-order valence-corrected chi connectivity index (χ3v) is 8.70. The summed E-state index contributed by atoms with van der Waals surface area (Å²) in [7, 11) is 1.35. The molecule has 2 aromatic heterocycles. The van der Waals surface area contributed by atoms with Crippen LogP contribution in [0, 0.1) is 18.6 Å². The molecule has 0 aliphatic carbocycles. The van der Waals surface area contributed by atoms with Gasteiger partial charge in [-0.25, -0.2) is 13.8 Å². The Labute approximate surface area is 245 Å². The van der Waals surface area contributed by atoms with Crippen molar-refractivity contribution in [3.8, 4) is 0 Å². The molecule has 1 aliphatic heterocycles. The Kier molecular flexibility index (Phi) is 8.83. The van der Waals surface area contributed by atoms with E-state index in [1.165, 1.54) is 36.6 Å². The van der Waals surface area contributed by atoms with Gasteiger partial charge in [0.25, 0.3) is 6.01 Å². The van der Waals surface area contributed by atoms with Crippen LogP contribution in [0.5, 0.6) is 0 Å². The van der Waals surface area contributed by atoms with Crippen LogP contribution in [0.15, 0.2) is 40.9 Å². The van der Waals surface area contributed by atoms with Crippen molar-refractivity contribution in [3.63, 3.8) is 0 Å². The van der Waals surface area contributed by atoms with Gasteiger partial charge in [0.2, 0.25) is 5.91 Å². The molecular weight excluding hydrogens is 566 g/mol. The number of carbonyl (C=O) groups is 2. The van der Waals surface area contributed by atoms with Gasteiger partial charge in [0.1, 0.15) is 21.9 Å². The highest BCUT2D eigenvalue weighted by Crippen LogP contribution is 2.42. The maximum atomic E-state index is 15.6. The molecule has 2 aromatic carbocycles. The Morgan fingerprint density at radius 1 is 1.24 bits per heavy atom. The van der Waals surface area contributed by atoms with Crippen molar-refractivity contribution in [2.24, 2.45) is 0 Å². The molecule has 1 aliphatic rings. The van der Waals surface area contributed by atoms with E-state index in [0.717, 1.165) is 21.9 Å². The highest BCUT2D eigenvalue weighted by Gasteiger charge is 2.47. The molecule has 3 heterocycles. The third kappa shape index (κ3) is 6.00. The molecule has 1 atom stereocenters. The number of nitrogens with zero attached hydrogens (tertiary/aromatic N) is 3. The number of oxazole rings is 1. The van der Waals surface area contributed by atoms with Crippen LogP contribution in [-0.4, -0.2) is 53.6 Å². The summed E-state index contributed by atoms with van der Waals surface area (Å²) in [6.07, 6.45) is 3.66. The minimum atomic E-state index is -0.784. The van der Waals surface area contributed by atoms with E-state index >= 15 is 4.39 Å². The van der Waals surface area contributed by atoms with Crippen LogP contribution in [0.2, 0.25) is 0 Å². The molecule has 222 valence electrons. The van der Waals surface area contributed by atoms with Gasteiger partial charge in [-0.15, -0.1) is 11.3 Å². The lowest BCUT2D eigenvalue weighted by Gasteiger charge is -2.37. The molecule has 0 radical (unpaired) electrons. The zero-order valence-corrected chi connectivity index (χ0v) is 24.5. The van der Waals surface area contributed by atoms with E-state index in [2.05, 4.69) is 15.3 Å². The predicted octanol–water partition coefficient (Wildman–Crippen LogP) is 5.82. The maximum Gasteiger partial charge on any atom is 0.305 e. The molecule has 12 heteroatoms. The predicted molar refractivity (Wildman–Crippen MR) is 154 cm³/mol. The first-order chi connectivity index (χ1) is 20.2. The number of benzene rings is 2. The van der Waals surface area contributed by atoms with Gasteiger partial charge < -0.3 is 24.1 Å². The van der Waals surface area contributed by atoms with Crippen molar-refractivity contribution in [1.29, 1.82) is 0 Å². The van der Waals surface area contributed by atoms with E-state index in [-0.39, 0.29) is 54.0 Å². The number of hydrogen-bond acceptors (Lipinski definition) is 9. The lowest BCUT2D eigenvalue weighted by molar-refractivity contribution is -0.140. The molecule has 1 saturated heterocycles. The molecule has 4 aromatic rings. The average molecular weight is 599 g/mol. The molecule has 42 heavy (non-hydrogen) atoms. The van der Waals surface area contributed by atoms with E-state index in [1.54, 1.807) is 30.2 Å². The molecule has 0 spiro atoms. The molecule has 1 N–H and O–H groups in total. The number of anilines is 2. The second kappa shape index (κ2) is 12.5. The largest absolute Gasteiger partial charge is 0.469 e. The standard InChI is InChI=1S/C30H32F2N4O5S/c1-4-40-17-30(28-33-16-21(42-28)9-11-25(38)39-3)12-5-13-36(30)24(37)14-19-7-10-22-27(26(19)32)41-29(34-22)35-23-15-20(31)8-6-18(23)2/h6-8,10,15-16H,4-5,9,11-14,17H2,1-3H3,(H,34,35)/t30-/m0/s1. The summed E-state index contributed by atoms with van der Waals surface area (Å²) >= 11 is 1.45. The number of fused-ring (bicyclic) bond motifs is 1. The summed E-state index contributed by atoms with van der Waals surface area (Å²) < 4.78 is 45.6. The number of nitrogens with one attached hydrogen (secondary N) is 1. The van der Waals surface area contributed by atoms with Gasteiger partial charge in [0.05, 0.1) is 26.6 Å². The summed E-state index contributed by atoms with van der Waals surface area (Å²) in [5.41, 5.74) is 0.791. The number of likely N-dealkylation sites (tertiary alicyclic amines) is 1. The summed E-state index contributed by atoms with van der Waals surface area (Å²) in [6.45, 7) is 4.90. The van der Waals surface area contributed by atoms with Crippen molar-refractivity contribution in [3.05, 3.63) is 69.2 Å². The summed E-state index contributed by atoms with van der Waals surface area (Å²) in [5.74, 6) is -1.66. The fourth-order valence-electron chi connectivity index (χ4n) is 5.21. The monoisotopic (exact) mass is 598 g/mol. The number of esters is 1. The first kappa shape index (κ1) is 29.6. The van der Waals surface area contributed by atoms with E-state index in [1.807, 2.05) is 6.92 Å². The van der Waals surface area contributed by atoms with Crippen molar-refractivity contribution in [2.45, 2.75) is 51.5 Å². The van der Waals surface area contributed by atoms with Crippen molar-refractivity contribution >= 4 is 46.0 Å². The summed E-state index contributed by atoms with van der Waals surface area (Å²) in [6, 6.07) is 7.41. The number of methoxy groups -OCH3 is 1. The van der Waals surface area contributed by atoms with E-state index in [4.69, 9.17) is 13.9 Å². The number of amides is 1. The van der Waals surface area contributed by atoms with Crippen LogP contribution in [0.3, 0.4) is 0 Å². The zero-order valence-electron chi connectivity index (χ0n) is 23.7. The molecule has 0 saturated carbocycles. The Morgan fingerprint density at radius 2 is 2.07 bits per heavy atom. The average Bonchev–Trinajstić information content (AvgIpc) is 3.73. The number of aryl methyl sites for hydroxylation is 2. The second-order valence-electron chi connectivity index (χ2n) is 10.2. The lowest BCUT2D eigenvalue weighted by Crippen LogP contribution is -2.48. The lowest BCUT2D eigenvalue weighted by atomic mass is 9.97. The number of ether oxygens (including phenoxy) is 2. The Hall–Kier alpha value is -3.90. The quantitative estimate of drug-likeness (QED) is 0.216. The third-order valence-electron chi connectivity index (χ3n) is 7.45. The molecule has 1 amide bonds. The van der Waals surface area contributed by atoms with E-state index < -0.39 is 17.2 Å². The van der Waals surface area contributed by atoms with Gasteiger partial charge >= 0.3 is 5.97 Å². The van der Waals surface area contributed by atoms with Crippen LogP contribution in [0.1, 0.15) is 47.2 Å². The molecular formula is C30H32F2N4O5S. The van der Waals surface area contributed by atoms with Gasteiger partial charge in [-0.2, -0.15) is 4.98 Å². The van der Waals surface area contributed by atoms with Crippen LogP contribution in [0.25, 0.3) is 11.1 Å². The van der Waals surface area contributed by atoms with Gasteiger partial charge in [-0.1, -0.05) is 12.1 Å². The van der Waals surface area contributed by atoms with Crippen molar-refractivity contribution < 1.29 is 32.3 Å². The van der Waals surface area contributed by atoms with Crippen LogP contribution < -0.4 is 5.32 Å². The minimum Gasteiger partial charge on any atom is -0.469 e. The van der Waals surface area contributed by atoms with Gasteiger partial charge in [0.15, 0.2) is 11.4 Å². The van der Waals surface area contributed by atoms with Crippen LogP contribution >= 0.6 is 11.3 Å². The fourth-order valence-corrected chi connectivity index (χ4v) is 6.33. The summed E-state index contributed by atoms with van der Waals surface area (Å²) in [5, 5.41) is 3.63. The molecule has 0 unspecified atom stereocenters. The van der Waals surface area contributed by atoms with Gasteiger partial charge in [0, 0.05) is 35.5 Å². The number of thiazole rings is 1. The molecule has 5 rings (SSSR count). The second-order valence-corrected chi connectivity index (χ2v) is 11.3. The Bertz CT molecular complexity index is 1610. The zero-order chi connectivity index (χ0) is 29.9. The number of rotatable bonds is 11. The number of aromatic nitrogens is 2. The first-order valence-electron chi connectivity index (χ1n) is 13.8. The maximum absolute atomic E-state index is 15.6. The van der Waals surface area contributed by atoms with Gasteiger partial charge in [-0.3, -0.25) is 9.59 Å². The fraction of sp³-hybridized carbons (Fsp3) is 0.400. The first-order valence-corrected chi connectivity index (χ1v) is 14.6. The molecule has 9 nitrogen and oxygen atoms in total. The number of halogens is 2. The van der Waals surface area contributed by atoms with Gasteiger partial charge in [-0.05, 0) is 56.9 Å². The van der Waals surface area contributed by atoms with Crippen molar-refractivity contribution in [1.82, 2.24) is 14.9 Å². The van der Waals surface area contributed by atoms with Crippen LogP contribution in [0.4, 0.5) is 20.5 Å². The SMILES string of the molecule is CCOC[C@]1(c2ncc(CCC(=O)OC)s2)CCCN1C(=O)Cc1ccc2nc(Nc3cc(F)ccc3C)oc2c1F. The summed E-state index contributed by atoms with van der Waals surface area (Å²) in [4.78, 5) is 36.9. The molecule has 0 bridgehead atoms. The van der Waals surface area contributed by atoms with Crippen molar-refractivity contribution in [2.75, 3.05) is 32.2 Å².